The van der Waals surface area contributed by atoms with Crippen LogP contribution < -0.4 is 4.74 Å². The van der Waals surface area contributed by atoms with Gasteiger partial charge in [0.1, 0.15) is 0 Å². The quantitative estimate of drug-likeness (QED) is 0.784. The maximum Gasteiger partial charge on any atom is 0.165 e. The van der Waals surface area contributed by atoms with Crippen LogP contribution in [0.15, 0.2) is 18.2 Å². The lowest BCUT2D eigenvalue weighted by Gasteiger charge is -2.07. The van der Waals surface area contributed by atoms with E-state index in [1.165, 1.54) is 19.3 Å². The third-order valence-electron chi connectivity index (χ3n) is 2.05. The minimum atomic E-state index is -0.0960. The van der Waals surface area contributed by atoms with Crippen molar-refractivity contribution in [3.8, 4) is 17.6 Å². The second-order valence-electron chi connectivity index (χ2n) is 3.00. The zero-order valence-corrected chi connectivity index (χ0v) is 8.80. The number of ether oxygens (including phenoxy) is 1. The highest BCUT2D eigenvalue weighted by Gasteiger charge is 2.09. The van der Waals surface area contributed by atoms with Gasteiger partial charge in [0.25, 0.3) is 0 Å². The first-order valence-corrected chi connectivity index (χ1v) is 4.63. The fraction of sp³-hybridized carbons (Fsp3) is 0.167. The lowest BCUT2D eigenvalue weighted by molar-refractivity contribution is 0.112. The number of phenols is 1. The number of allylic oxidation sites excluding steroid dienone is 1. The van der Waals surface area contributed by atoms with Crippen LogP contribution >= 0.6 is 0 Å². The summed E-state index contributed by atoms with van der Waals surface area (Å²) in [4.78, 5) is 10.8. The maximum absolute atomic E-state index is 10.8. The van der Waals surface area contributed by atoms with Crippen molar-refractivity contribution in [3.63, 3.8) is 0 Å². The van der Waals surface area contributed by atoms with E-state index in [4.69, 9.17) is 10.00 Å². The number of nitrogens with zero attached hydrogens (tertiary/aromatic N) is 1. The van der Waals surface area contributed by atoms with Gasteiger partial charge in [-0.3, -0.25) is 4.79 Å². The summed E-state index contributed by atoms with van der Waals surface area (Å²) >= 11 is 0. The van der Waals surface area contributed by atoms with Crippen molar-refractivity contribution < 1.29 is 14.6 Å². The van der Waals surface area contributed by atoms with Crippen molar-refractivity contribution in [2.24, 2.45) is 0 Å². The molecule has 0 atom stereocenters. The summed E-state index contributed by atoms with van der Waals surface area (Å²) < 4.78 is 4.93. The van der Waals surface area contributed by atoms with Gasteiger partial charge in [-0.25, -0.2) is 0 Å². The number of nitriles is 1. The molecular weight excluding hydrogens is 206 g/mol. The molecule has 0 fully saturated rings. The van der Waals surface area contributed by atoms with Crippen LogP contribution in [0.5, 0.6) is 11.5 Å². The SMILES string of the molecule is COc1ccc(C=O)c(C=CCC#N)c1O. The van der Waals surface area contributed by atoms with Crippen LogP contribution in [-0.2, 0) is 0 Å². The Bertz CT molecular complexity index is 458. The predicted molar refractivity (Wildman–Crippen MR) is 59.3 cm³/mol. The molecule has 0 saturated heterocycles. The fourth-order valence-corrected chi connectivity index (χ4v) is 1.28. The summed E-state index contributed by atoms with van der Waals surface area (Å²) in [6.45, 7) is 0. The molecule has 0 radical (unpaired) electrons. The Balaban J connectivity index is 3.22. The van der Waals surface area contributed by atoms with Gasteiger partial charge in [0, 0.05) is 11.1 Å². The predicted octanol–water partition coefficient (Wildman–Crippen LogP) is 2.14. The van der Waals surface area contributed by atoms with Crippen molar-refractivity contribution in [2.75, 3.05) is 7.11 Å². The maximum atomic E-state index is 10.8. The minimum Gasteiger partial charge on any atom is -0.504 e. The van der Waals surface area contributed by atoms with E-state index in [1.807, 2.05) is 6.07 Å². The summed E-state index contributed by atoms with van der Waals surface area (Å²) in [6, 6.07) is 5.00. The highest BCUT2D eigenvalue weighted by molar-refractivity contribution is 5.85. The average Bonchev–Trinajstić information content (AvgIpc) is 2.31. The standard InChI is InChI=1S/C12H11NO3/c1-16-11-6-5-9(8-14)10(12(11)15)4-2-3-7-13/h2,4-6,8,15H,3H2,1H3. The topological polar surface area (TPSA) is 70.3 Å². The second kappa shape index (κ2) is 5.56. The first-order valence-electron chi connectivity index (χ1n) is 4.63. The van der Waals surface area contributed by atoms with Gasteiger partial charge in [-0.15, -0.1) is 0 Å². The summed E-state index contributed by atoms with van der Waals surface area (Å²) in [7, 11) is 1.43. The number of aromatic hydroxyl groups is 1. The average molecular weight is 217 g/mol. The van der Waals surface area contributed by atoms with Crippen LogP contribution in [0.2, 0.25) is 0 Å². The second-order valence-corrected chi connectivity index (χ2v) is 3.00. The zero-order valence-electron chi connectivity index (χ0n) is 8.80. The molecule has 0 bridgehead atoms. The van der Waals surface area contributed by atoms with Gasteiger partial charge >= 0.3 is 0 Å². The third-order valence-corrected chi connectivity index (χ3v) is 2.05. The van der Waals surface area contributed by atoms with E-state index in [9.17, 15) is 9.90 Å². The Kier molecular flexibility index (Phi) is 4.10. The first-order chi connectivity index (χ1) is 7.74. The summed E-state index contributed by atoms with van der Waals surface area (Å²) in [5.41, 5.74) is 0.720. The molecule has 4 heteroatoms. The van der Waals surface area contributed by atoms with E-state index < -0.39 is 0 Å². The Labute approximate surface area is 93.4 Å². The molecular formula is C12H11NO3. The first kappa shape index (κ1) is 11.8. The van der Waals surface area contributed by atoms with Gasteiger partial charge in [0.2, 0.25) is 0 Å². The zero-order chi connectivity index (χ0) is 12.0. The molecule has 1 rings (SSSR count). The van der Waals surface area contributed by atoms with Gasteiger partial charge in [-0.05, 0) is 12.1 Å². The molecule has 0 aliphatic heterocycles. The molecule has 82 valence electrons. The molecule has 1 N–H and O–H groups in total. The van der Waals surface area contributed by atoms with Gasteiger partial charge in [0.05, 0.1) is 19.6 Å². The molecule has 0 saturated carbocycles. The Morgan fingerprint density at radius 1 is 1.56 bits per heavy atom. The van der Waals surface area contributed by atoms with E-state index >= 15 is 0 Å². The van der Waals surface area contributed by atoms with Crippen LogP contribution in [-0.4, -0.2) is 18.5 Å². The summed E-state index contributed by atoms with van der Waals surface area (Å²) in [5, 5.41) is 18.2. The van der Waals surface area contributed by atoms with E-state index in [1.54, 1.807) is 12.1 Å². The number of carbonyl (C=O) groups excluding carboxylic acids is 1. The summed E-state index contributed by atoms with van der Waals surface area (Å²) in [6.07, 6.45) is 3.96. The van der Waals surface area contributed by atoms with Crippen molar-refractivity contribution in [3.05, 3.63) is 29.3 Å². The lowest BCUT2D eigenvalue weighted by Crippen LogP contribution is -1.91. The fourth-order valence-electron chi connectivity index (χ4n) is 1.28. The molecule has 4 nitrogen and oxygen atoms in total. The Morgan fingerprint density at radius 3 is 2.88 bits per heavy atom. The molecule has 0 unspecified atom stereocenters. The largest absolute Gasteiger partial charge is 0.504 e. The molecule has 16 heavy (non-hydrogen) atoms. The van der Waals surface area contributed by atoms with Crippen LogP contribution in [0.25, 0.3) is 6.08 Å². The van der Waals surface area contributed by atoms with Gasteiger partial charge in [-0.2, -0.15) is 5.26 Å². The number of aldehydes is 1. The van der Waals surface area contributed by atoms with Crippen molar-refractivity contribution in [1.82, 2.24) is 0 Å². The molecule has 0 aliphatic rings. The van der Waals surface area contributed by atoms with Crippen molar-refractivity contribution in [2.45, 2.75) is 6.42 Å². The molecule has 1 aromatic rings. The lowest BCUT2D eigenvalue weighted by atomic mass is 10.1. The van der Waals surface area contributed by atoms with E-state index in [-0.39, 0.29) is 12.2 Å². The molecule has 0 aromatic heterocycles. The number of hydrogen-bond donors (Lipinski definition) is 1. The molecule has 0 aliphatic carbocycles. The van der Waals surface area contributed by atoms with Crippen molar-refractivity contribution in [1.29, 1.82) is 5.26 Å². The summed E-state index contributed by atoms with van der Waals surface area (Å²) in [5.74, 6) is 0.198. The van der Waals surface area contributed by atoms with Crippen LogP contribution in [0.1, 0.15) is 22.3 Å². The van der Waals surface area contributed by atoms with Gasteiger partial charge in [0.15, 0.2) is 17.8 Å². The molecule has 0 amide bonds. The smallest absolute Gasteiger partial charge is 0.165 e. The number of methoxy groups -OCH3 is 1. The normalized spacial score (nSPS) is 10.0. The number of carbonyl (C=O) groups is 1. The third kappa shape index (κ3) is 2.39. The van der Waals surface area contributed by atoms with Gasteiger partial charge < -0.3 is 9.84 Å². The highest BCUT2D eigenvalue weighted by Crippen LogP contribution is 2.32. The van der Waals surface area contributed by atoms with Crippen molar-refractivity contribution >= 4 is 12.4 Å². The van der Waals surface area contributed by atoms with E-state index in [0.717, 1.165) is 0 Å². The number of benzene rings is 1. The Hall–Kier alpha value is -2.28. The van der Waals surface area contributed by atoms with Crippen LogP contribution in [0.3, 0.4) is 0 Å². The number of rotatable bonds is 4. The Morgan fingerprint density at radius 2 is 2.31 bits per heavy atom. The highest BCUT2D eigenvalue weighted by atomic mass is 16.5. The number of phenolic OH excluding ortho intramolecular Hbond substituents is 1. The molecule has 1 aromatic carbocycles. The number of hydrogen-bond acceptors (Lipinski definition) is 4. The van der Waals surface area contributed by atoms with Crippen LogP contribution in [0.4, 0.5) is 0 Å². The molecule has 0 spiro atoms. The minimum absolute atomic E-state index is 0.0960. The van der Waals surface area contributed by atoms with Crippen LogP contribution in [0, 0.1) is 11.3 Å². The van der Waals surface area contributed by atoms with Gasteiger partial charge in [-0.1, -0.05) is 12.2 Å². The van der Waals surface area contributed by atoms with E-state index in [0.29, 0.717) is 23.2 Å². The molecule has 0 heterocycles. The monoisotopic (exact) mass is 217 g/mol. The van der Waals surface area contributed by atoms with E-state index in [2.05, 4.69) is 0 Å².